The standard InChI is InChI=1S/C19H17N3O4/c1-13(15-9-6-10-16(11-15)22(24)25)21(2)19(23)17-12-18(26-20-17)14-7-4-3-5-8-14/h3-13H,1-2H3. The summed E-state index contributed by atoms with van der Waals surface area (Å²) in [7, 11) is 1.63. The number of nitro benzene ring substituents is 1. The molecular formula is C19H17N3O4. The van der Waals surface area contributed by atoms with Crippen LogP contribution in [-0.4, -0.2) is 27.9 Å². The second kappa shape index (κ2) is 7.18. The molecule has 0 aliphatic heterocycles. The smallest absolute Gasteiger partial charge is 0.276 e. The number of nitrogens with zero attached hydrogens (tertiary/aromatic N) is 3. The predicted octanol–water partition coefficient (Wildman–Crippen LogP) is 4.08. The molecular weight excluding hydrogens is 334 g/mol. The molecule has 7 nitrogen and oxygen atoms in total. The van der Waals surface area contributed by atoms with Crippen molar-refractivity contribution in [3.63, 3.8) is 0 Å². The van der Waals surface area contributed by atoms with E-state index < -0.39 is 4.92 Å². The minimum atomic E-state index is -0.457. The highest BCUT2D eigenvalue weighted by Gasteiger charge is 2.23. The molecule has 0 spiro atoms. The zero-order chi connectivity index (χ0) is 18.7. The Morgan fingerprint density at radius 2 is 1.88 bits per heavy atom. The van der Waals surface area contributed by atoms with Crippen LogP contribution in [-0.2, 0) is 0 Å². The zero-order valence-electron chi connectivity index (χ0n) is 14.3. The highest BCUT2D eigenvalue weighted by Crippen LogP contribution is 2.25. The molecule has 0 saturated carbocycles. The zero-order valence-corrected chi connectivity index (χ0v) is 14.3. The normalized spacial score (nSPS) is 11.8. The number of non-ortho nitro benzene ring substituents is 1. The Labute approximate surface area is 150 Å². The maximum atomic E-state index is 12.7. The first-order chi connectivity index (χ1) is 12.5. The Morgan fingerprint density at radius 1 is 1.15 bits per heavy atom. The number of carbonyl (C=O) groups is 1. The highest BCUT2D eigenvalue weighted by molar-refractivity contribution is 5.93. The van der Waals surface area contributed by atoms with Gasteiger partial charge in [0.1, 0.15) is 0 Å². The largest absolute Gasteiger partial charge is 0.355 e. The third-order valence-electron chi connectivity index (χ3n) is 4.25. The van der Waals surface area contributed by atoms with Crippen LogP contribution in [0.1, 0.15) is 29.0 Å². The summed E-state index contributed by atoms with van der Waals surface area (Å²) in [5.41, 5.74) is 1.67. The van der Waals surface area contributed by atoms with Crippen LogP contribution >= 0.6 is 0 Å². The topological polar surface area (TPSA) is 89.5 Å². The van der Waals surface area contributed by atoms with Gasteiger partial charge in [0, 0.05) is 30.8 Å². The van der Waals surface area contributed by atoms with Gasteiger partial charge in [0.25, 0.3) is 11.6 Å². The molecule has 3 aromatic rings. The Balaban J connectivity index is 1.80. The summed E-state index contributed by atoms with van der Waals surface area (Å²) in [5, 5.41) is 14.8. The lowest BCUT2D eigenvalue weighted by molar-refractivity contribution is -0.384. The molecule has 26 heavy (non-hydrogen) atoms. The van der Waals surface area contributed by atoms with Crippen molar-refractivity contribution in [2.24, 2.45) is 0 Å². The van der Waals surface area contributed by atoms with Gasteiger partial charge in [-0.25, -0.2) is 0 Å². The Hall–Kier alpha value is -3.48. The predicted molar refractivity (Wildman–Crippen MR) is 95.5 cm³/mol. The van der Waals surface area contributed by atoms with Crippen LogP contribution < -0.4 is 0 Å². The van der Waals surface area contributed by atoms with Gasteiger partial charge in [-0.2, -0.15) is 0 Å². The van der Waals surface area contributed by atoms with E-state index in [4.69, 9.17) is 4.52 Å². The van der Waals surface area contributed by atoms with Crippen molar-refractivity contribution in [1.29, 1.82) is 0 Å². The van der Waals surface area contributed by atoms with Crippen LogP contribution in [0.4, 0.5) is 5.69 Å². The maximum absolute atomic E-state index is 12.7. The number of amides is 1. The number of carbonyl (C=O) groups excluding carboxylic acids is 1. The number of rotatable bonds is 5. The van der Waals surface area contributed by atoms with E-state index in [1.807, 2.05) is 30.3 Å². The molecule has 0 N–H and O–H groups in total. The SMILES string of the molecule is CC(c1cccc([N+](=O)[O-])c1)N(C)C(=O)c1cc(-c2ccccc2)on1. The number of aromatic nitrogens is 1. The second-order valence-corrected chi connectivity index (χ2v) is 5.89. The first-order valence-corrected chi connectivity index (χ1v) is 8.01. The lowest BCUT2D eigenvalue weighted by Crippen LogP contribution is -2.29. The van der Waals surface area contributed by atoms with Crippen molar-refractivity contribution in [3.05, 3.63) is 82.0 Å². The van der Waals surface area contributed by atoms with E-state index in [2.05, 4.69) is 5.16 Å². The fourth-order valence-corrected chi connectivity index (χ4v) is 2.59. The fraction of sp³-hybridized carbons (Fsp3) is 0.158. The van der Waals surface area contributed by atoms with Crippen molar-refractivity contribution >= 4 is 11.6 Å². The molecule has 1 unspecified atom stereocenters. The number of benzene rings is 2. The van der Waals surface area contributed by atoms with Crippen LogP contribution in [0.2, 0.25) is 0 Å². The van der Waals surface area contributed by atoms with Crippen LogP contribution in [0.25, 0.3) is 11.3 Å². The summed E-state index contributed by atoms with van der Waals surface area (Å²) >= 11 is 0. The number of hydrogen-bond donors (Lipinski definition) is 0. The van der Waals surface area contributed by atoms with Crippen molar-refractivity contribution in [2.75, 3.05) is 7.05 Å². The van der Waals surface area contributed by atoms with Gasteiger partial charge in [0.2, 0.25) is 0 Å². The van der Waals surface area contributed by atoms with E-state index in [9.17, 15) is 14.9 Å². The van der Waals surface area contributed by atoms with Crippen LogP contribution in [0, 0.1) is 10.1 Å². The second-order valence-electron chi connectivity index (χ2n) is 5.89. The minimum Gasteiger partial charge on any atom is -0.355 e. The molecule has 3 rings (SSSR count). The molecule has 1 heterocycles. The van der Waals surface area contributed by atoms with Gasteiger partial charge < -0.3 is 9.42 Å². The Bertz CT molecular complexity index is 937. The van der Waals surface area contributed by atoms with E-state index in [1.165, 1.54) is 17.0 Å². The first-order valence-electron chi connectivity index (χ1n) is 8.01. The Morgan fingerprint density at radius 3 is 2.58 bits per heavy atom. The third-order valence-corrected chi connectivity index (χ3v) is 4.25. The minimum absolute atomic E-state index is 0.0111. The van der Waals surface area contributed by atoms with Crippen LogP contribution in [0.15, 0.2) is 65.2 Å². The van der Waals surface area contributed by atoms with Gasteiger partial charge in [-0.15, -0.1) is 0 Å². The van der Waals surface area contributed by atoms with Gasteiger partial charge >= 0.3 is 0 Å². The van der Waals surface area contributed by atoms with Crippen molar-refractivity contribution in [2.45, 2.75) is 13.0 Å². The van der Waals surface area contributed by atoms with E-state index in [-0.39, 0.29) is 23.3 Å². The molecule has 0 radical (unpaired) electrons. The molecule has 132 valence electrons. The van der Waals surface area contributed by atoms with Gasteiger partial charge in [0.05, 0.1) is 11.0 Å². The summed E-state index contributed by atoms with van der Waals surface area (Å²) in [6, 6.07) is 16.8. The molecule has 7 heteroatoms. The van der Waals surface area contributed by atoms with E-state index in [0.717, 1.165) is 5.56 Å². The van der Waals surface area contributed by atoms with Crippen molar-refractivity contribution < 1.29 is 14.2 Å². The quantitative estimate of drug-likeness (QED) is 0.510. The average Bonchev–Trinajstić information content (AvgIpc) is 3.17. The van der Waals surface area contributed by atoms with Crippen molar-refractivity contribution in [3.8, 4) is 11.3 Å². The Kier molecular flexibility index (Phi) is 4.79. The lowest BCUT2D eigenvalue weighted by atomic mass is 10.1. The summed E-state index contributed by atoms with van der Waals surface area (Å²) < 4.78 is 5.27. The highest BCUT2D eigenvalue weighted by atomic mass is 16.6. The first kappa shape index (κ1) is 17.3. The number of nitro groups is 1. The summed E-state index contributed by atoms with van der Waals surface area (Å²) in [4.78, 5) is 24.7. The van der Waals surface area contributed by atoms with Gasteiger partial charge in [0.15, 0.2) is 11.5 Å². The molecule has 1 atom stereocenters. The van der Waals surface area contributed by atoms with Crippen LogP contribution in [0.3, 0.4) is 0 Å². The molecule has 1 amide bonds. The van der Waals surface area contributed by atoms with Crippen LogP contribution in [0.5, 0.6) is 0 Å². The lowest BCUT2D eigenvalue weighted by Gasteiger charge is -2.24. The fourth-order valence-electron chi connectivity index (χ4n) is 2.59. The molecule has 0 aliphatic rings. The molecule has 1 aromatic heterocycles. The van der Waals surface area contributed by atoms with Gasteiger partial charge in [-0.05, 0) is 12.5 Å². The average molecular weight is 351 g/mol. The van der Waals surface area contributed by atoms with Gasteiger partial charge in [-0.3, -0.25) is 14.9 Å². The molecule has 0 aliphatic carbocycles. The molecule has 0 bridgehead atoms. The summed E-state index contributed by atoms with van der Waals surface area (Å²) in [6.07, 6.45) is 0. The molecule has 2 aromatic carbocycles. The van der Waals surface area contributed by atoms with E-state index in [0.29, 0.717) is 11.3 Å². The van der Waals surface area contributed by atoms with E-state index >= 15 is 0 Å². The summed E-state index contributed by atoms with van der Waals surface area (Å²) in [6.45, 7) is 1.80. The third kappa shape index (κ3) is 3.46. The number of hydrogen-bond acceptors (Lipinski definition) is 5. The van der Waals surface area contributed by atoms with Crippen molar-refractivity contribution in [1.82, 2.24) is 10.1 Å². The maximum Gasteiger partial charge on any atom is 0.276 e. The monoisotopic (exact) mass is 351 g/mol. The van der Waals surface area contributed by atoms with Gasteiger partial charge in [-0.1, -0.05) is 47.6 Å². The summed E-state index contributed by atoms with van der Waals surface area (Å²) in [5.74, 6) is 0.181. The molecule has 0 fully saturated rings. The molecule has 0 saturated heterocycles. The van der Waals surface area contributed by atoms with E-state index in [1.54, 1.807) is 32.2 Å².